The predicted octanol–water partition coefficient (Wildman–Crippen LogP) is 6.42. The van der Waals surface area contributed by atoms with Gasteiger partial charge in [0.1, 0.15) is 23.0 Å². The van der Waals surface area contributed by atoms with Crippen LogP contribution in [0.3, 0.4) is 0 Å². The summed E-state index contributed by atoms with van der Waals surface area (Å²) >= 11 is 0. The van der Waals surface area contributed by atoms with Crippen molar-refractivity contribution in [3.05, 3.63) is 89.0 Å². The zero-order valence-electron chi connectivity index (χ0n) is 23.3. The van der Waals surface area contributed by atoms with Crippen molar-refractivity contribution in [2.75, 3.05) is 25.7 Å². The van der Waals surface area contributed by atoms with Gasteiger partial charge in [0.25, 0.3) is 11.7 Å². The van der Waals surface area contributed by atoms with Crippen LogP contribution in [0.2, 0.25) is 0 Å². The smallest absolute Gasteiger partial charge is 0.300 e. The van der Waals surface area contributed by atoms with Gasteiger partial charge in [-0.05, 0) is 59.4 Å². The molecule has 3 aromatic carbocycles. The SMILES string of the molecule is CCCOc1ccc(C2/C(=C(\O)c3cc(C(C)(C)C)ccc3OC)C(=O)C(=O)N2c2cccc(OC)c2)cc1. The van der Waals surface area contributed by atoms with Gasteiger partial charge in [-0.1, -0.05) is 52.0 Å². The lowest BCUT2D eigenvalue weighted by molar-refractivity contribution is -0.132. The molecule has 0 radical (unpaired) electrons. The third kappa shape index (κ3) is 5.48. The molecule has 1 amide bonds. The summed E-state index contributed by atoms with van der Waals surface area (Å²) in [4.78, 5) is 28.6. The Morgan fingerprint density at radius 1 is 0.923 bits per heavy atom. The second kappa shape index (κ2) is 11.2. The second-order valence-corrected chi connectivity index (χ2v) is 10.5. The largest absolute Gasteiger partial charge is 0.507 e. The standard InChI is InChI=1S/C32H35NO6/c1-7-17-39-23-14-11-20(12-15-23)28-27(29(34)25-18-21(32(2,3)4)13-16-26(25)38-6)30(35)31(36)33(28)22-9-8-10-24(19-22)37-5/h8-16,18-19,28,34H,7,17H2,1-6H3/b29-27+. The first-order valence-electron chi connectivity index (χ1n) is 13.0. The molecule has 1 N–H and O–H groups in total. The molecule has 1 atom stereocenters. The predicted molar refractivity (Wildman–Crippen MR) is 152 cm³/mol. The third-order valence-electron chi connectivity index (χ3n) is 6.77. The van der Waals surface area contributed by atoms with Crippen molar-refractivity contribution in [1.82, 2.24) is 0 Å². The van der Waals surface area contributed by atoms with Gasteiger partial charge in [-0.15, -0.1) is 0 Å². The van der Waals surface area contributed by atoms with Crippen molar-refractivity contribution in [1.29, 1.82) is 0 Å². The molecule has 0 spiro atoms. The maximum atomic E-state index is 13.6. The van der Waals surface area contributed by atoms with E-state index in [-0.39, 0.29) is 16.7 Å². The number of Topliss-reactive ketones (excluding diaryl/α,β-unsaturated/α-hetero) is 1. The van der Waals surface area contributed by atoms with Gasteiger partial charge in [0.2, 0.25) is 0 Å². The molecule has 0 saturated carbocycles. The molecule has 1 heterocycles. The number of benzene rings is 3. The van der Waals surface area contributed by atoms with Crippen LogP contribution >= 0.6 is 0 Å². The maximum Gasteiger partial charge on any atom is 0.300 e. The summed E-state index contributed by atoms with van der Waals surface area (Å²) in [6, 6.07) is 18.8. The molecular formula is C32H35NO6. The highest BCUT2D eigenvalue weighted by atomic mass is 16.5. The van der Waals surface area contributed by atoms with Gasteiger partial charge in [0.05, 0.1) is 38.0 Å². The van der Waals surface area contributed by atoms with E-state index in [0.29, 0.717) is 40.7 Å². The van der Waals surface area contributed by atoms with Crippen LogP contribution in [0.5, 0.6) is 17.2 Å². The number of nitrogens with zero attached hydrogens (tertiary/aromatic N) is 1. The van der Waals surface area contributed by atoms with Crippen molar-refractivity contribution in [3.8, 4) is 17.2 Å². The van der Waals surface area contributed by atoms with Gasteiger partial charge in [0, 0.05) is 11.8 Å². The second-order valence-electron chi connectivity index (χ2n) is 10.5. The van der Waals surface area contributed by atoms with Crippen molar-refractivity contribution >= 4 is 23.1 Å². The number of carbonyl (C=O) groups is 2. The summed E-state index contributed by atoms with van der Waals surface area (Å²) in [5.74, 6) is -0.204. The third-order valence-corrected chi connectivity index (χ3v) is 6.77. The van der Waals surface area contributed by atoms with E-state index in [1.807, 2.05) is 31.2 Å². The van der Waals surface area contributed by atoms with Gasteiger partial charge in [0.15, 0.2) is 0 Å². The number of aliphatic hydroxyl groups is 1. The number of carbonyl (C=O) groups excluding carboxylic acids is 2. The monoisotopic (exact) mass is 529 g/mol. The number of rotatable bonds is 8. The van der Waals surface area contributed by atoms with E-state index >= 15 is 0 Å². The van der Waals surface area contributed by atoms with Crippen molar-refractivity contribution in [3.63, 3.8) is 0 Å². The number of methoxy groups -OCH3 is 2. The highest BCUT2D eigenvalue weighted by molar-refractivity contribution is 6.51. The number of aliphatic hydroxyl groups excluding tert-OH is 1. The lowest BCUT2D eigenvalue weighted by Crippen LogP contribution is -2.29. The Bertz CT molecular complexity index is 1400. The van der Waals surface area contributed by atoms with Crippen molar-refractivity contribution in [2.45, 2.75) is 45.6 Å². The topological polar surface area (TPSA) is 85.3 Å². The first-order valence-corrected chi connectivity index (χ1v) is 13.0. The van der Waals surface area contributed by atoms with Crippen LogP contribution in [0.15, 0.2) is 72.3 Å². The molecule has 204 valence electrons. The molecule has 0 aliphatic carbocycles. The fourth-order valence-electron chi connectivity index (χ4n) is 4.65. The summed E-state index contributed by atoms with van der Waals surface area (Å²) in [7, 11) is 3.04. The number of ketones is 1. The van der Waals surface area contributed by atoms with Gasteiger partial charge in [-0.2, -0.15) is 0 Å². The minimum Gasteiger partial charge on any atom is -0.507 e. The minimum atomic E-state index is -0.889. The van der Waals surface area contributed by atoms with Crippen LogP contribution in [-0.4, -0.2) is 37.6 Å². The van der Waals surface area contributed by atoms with Crippen LogP contribution < -0.4 is 19.1 Å². The number of hydrogen-bond acceptors (Lipinski definition) is 6. The van der Waals surface area contributed by atoms with Gasteiger partial charge in [-0.3, -0.25) is 14.5 Å². The van der Waals surface area contributed by atoms with E-state index in [9.17, 15) is 14.7 Å². The fourth-order valence-corrected chi connectivity index (χ4v) is 4.65. The fraction of sp³-hybridized carbons (Fsp3) is 0.312. The maximum absolute atomic E-state index is 13.6. The molecule has 0 aromatic heterocycles. The van der Waals surface area contributed by atoms with Gasteiger partial charge >= 0.3 is 0 Å². The molecule has 1 unspecified atom stereocenters. The van der Waals surface area contributed by atoms with E-state index in [1.165, 1.54) is 19.1 Å². The molecule has 1 fully saturated rings. The lowest BCUT2D eigenvalue weighted by atomic mass is 9.85. The average Bonchev–Trinajstić information content (AvgIpc) is 3.20. The zero-order chi connectivity index (χ0) is 28.3. The molecule has 1 aliphatic rings. The Morgan fingerprint density at radius 2 is 1.64 bits per heavy atom. The first kappa shape index (κ1) is 27.8. The van der Waals surface area contributed by atoms with E-state index in [2.05, 4.69) is 20.8 Å². The Morgan fingerprint density at radius 3 is 2.26 bits per heavy atom. The highest BCUT2D eigenvalue weighted by Crippen LogP contribution is 2.44. The average molecular weight is 530 g/mol. The van der Waals surface area contributed by atoms with Crippen molar-refractivity contribution < 1.29 is 28.9 Å². The Hall–Kier alpha value is -4.26. The Balaban J connectivity index is 1.95. The molecule has 39 heavy (non-hydrogen) atoms. The van der Waals surface area contributed by atoms with E-state index in [4.69, 9.17) is 14.2 Å². The van der Waals surface area contributed by atoms with Crippen LogP contribution in [-0.2, 0) is 15.0 Å². The molecule has 1 aliphatic heterocycles. The molecule has 1 saturated heterocycles. The quantitative estimate of drug-likeness (QED) is 0.206. The molecule has 0 bridgehead atoms. The summed E-state index contributed by atoms with van der Waals surface area (Å²) in [6.45, 7) is 8.78. The number of ether oxygens (including phenoxy) is 3. The summed E-state index contributed by atoms with van der Waals surface area (Å²) in [5, 5.41) is 11.7. The lowest BCUT2D eigenvalue weighted by Gasteiger charge is -2.26. The molecule has 3 aromatic rings. The van der Waals surface area contributed by atoms with Crippen LogP contribution in [0, 0.1) is 0 Å². The Kier molecular flexibility index (Phi) is 8.00. The summed E-state index contributed by atoms with van der Waals surface area (Å²) in [6.07, 6.45) is 0.868. The van der Waals surface area contributed by atoms with Crippen molar-refractivity contribution in [2.24, 2.45) is 0 Å². The summed E-state index contributed by atoms with van der Waals surface area (Å²) in [5.41, 5.74) is 2.18. The van der Waals surface area contributed by atoms with E-state index < -0.39 is 17.7 Å². The van der Waals surface area contributed by atoms with Gasteiger partial charge in [-0.25, -0.2) is 0 Å². The van der Waals surface area contributed by atoms with Crippen LogP contribution in [0.4, 0.5) is 5.69 Å². The van der Waals surface area contributed by atoms with E-state index in [0.717, 1.165) is 12.0 Å². The molecule has 4 rings (SSSR count). The Labute approximate surface area is 229 Å². The summed E-state index contributed by atoms with van der Waals surface area (Å²) < 4.78 is 16.7. The number of amides is 1. The molecular weight excluding hydrogens is 494 g/mol. The number of hydrogen-bond donors (Lipinski definition) is 1. The number of anilines is 1. The van der Waals surface area contributed by atoms with Crippen LogP contribution in [0.25, 0.3) is 5.76 Å². The normalized spacial score (nSPS) is 16.9. The molecule has 7 heteroatoms. The zero-order valence-corrected chi connectivity index (χ0v) is 23.3. The first-order chi connectivity index (χ1) is 18.6. The highest BCUT2D eigenvalue weighted by Gasteiger charge is 2.47. The van der Waals surface area contributed by atoms with E-state index in [1.54, 1.807) is 42.5 Å². The minimum absolute atomic E-state index is 0.0191. The van der Waals surface area contributed by atoms with Gasteiger partial charge < -0.3 is 19.3 Å². The van der Waals surface area contributed by atoms with Crippen LogP contribution in [0.1, 0.15) is 56.8 Å². The molecule has 7 nitrogen and oxygen atoms in total.